The van der Waals surface area contributed by atoms with Crippen LogP contribution in [0.15, 0.2) is 54.9 Å². The maximum atomic E-state index is 14.8. The van der Waals surface area contributed by atoms with Crippen LogP contribution in [-0.4, -0.2) is 12.3 Å². The van der Waals surface area contributed by atoms with Gasteiger partial charge in [0.05, 0.1) is 5.56 Å². The number of nitrogens with one attached hydrogen (secondary N) is 1. The number of benzene rings is 2. The zero-order valence-electron chi connectivity index (χ0n) is 16.0. The highest BCUT2D eigenvalue weighted by Gasteiger charge is 2.32. The molecule has 0 aliphatic heterocycles. The van der Waals surface area contributed by atoms with E-state index in [9.17, 15) is 32.0 Å². The van der Waals surface area contributed by atoms with Crippen molar-refractivity contribution in [1.29, 1.82) is 0 Å². The van der Waals surface area contributed by atoms with Crippen LogP contribution < -0.4 is 14.8 Å². The van der Waals surface area contributed by atoms with Gasteiger partial charge in [-0.3, -0.25) is 4.79 Å². The van der Waals surface area contributed by atoms with E-state index in [1.807, 2.05) is 0 Å². The molecule has 0 atom stereocenters. The molecule has 0 saturated carbocycles. The minimum absolute atomic E-state index is 0.133. The number of aromatic nitrogens is 1. The van der Waals surface area contributed by atoms with Crippen LogP contribution in [0.5, 0.6) is 5.75 Å². The summed E-state index contributed by atoms with van der Waals surface area (Å²) in [6, 6.07) is 8.52. The number of rotatable bonds is 5. The van der Waals surface area contributed by atoms with E-state index in [0.717, 1.165) is 18.3 Å². The fourth-order valence-corrected chi connectivity index (χ4v) is 2.92. The normalized spacial score (nSPS) is 11.3. The zero-order valence-corrected chi connectivity index (χ0v) is 16.0. The van der Waals surface area contributed by atoms with Crippen molar-refractivity contribution in [2.24, 2.45) is 0 Å². The topological polar surface area (TPSA) is 65.3 Å². The number of amides is 1. The predicted octanol–water partition coefficient (Wildman–Crippen LogP) is 4.65. The van der Waals surface area contributed by atoms with Gasteiger partial charge in [0.2, 0.25) is 6.20 Å². The van der Waals surface area contributed by atoms with Crippen LogP contribution in [0, 0.1) is 23.8 Å². The van der Waals surface area contributed by atoms with Gasteiger partial charge in [0.15, 0.2) is 17.8 Å². The Hall–Kier alpha value is -3.69. The number of carbonyl (C=O) groups excluding carboxylic acids is 1. The third-order valence-corrected chi connectivity index (χ3v) is 4.30. The van der Waals surface area contributed by atoms with Gasteiger partial charge in [-0.1, -0.05) is 18.2 Å². The van der Waals surface area contributed by atoms with Crippen LogP contribution in [0.4, 0.5) is 27.6 Å². The molecule has 0 aliphatic rings. The lowest BCUT2D eigenvalue weighted by Gasteiger charge is -2.14. The van der Waals surface area contributed by atoms with E-state index in [1.54, 1.807) is 0 Å². The molecule has 1 heterocycles. The Kier molecular flexibility index (Phi) is 6.09. The van der Waals surface area contributed by atoms with E-state index in [4.69, 9.17) is 0 Å². The Morgan fingerprint density at radius 3 is 2.55 bits per heavy atom. The first-order valence-electron chi connectivity index (χ1n) is 8.86. The van der Waals surface area contributed by atoms with Crippen molar-refractivity contribution in [3.05, 3.63) is 94.0 Å². The molecule has 162 valence electrons. The monoisotopic (exact) mass is 438 g/mol. The molecule has 10 heteroatoms. The first-order chi connectivity index (χ1) is 14.5. The summed E-state index contributed by atoms with van der Waals surface area (Å²) >= 11 is 0. The number of ether oxygens (including phenoxy) is 1. The average molecular weight is 438 g/mol. The van der Waals surface area contributed by atoms with Crippen molar-refractivity contribution in [3.63, 3.8) is 0 Å². The lowest BCUT2D eigenvalue weighted by atomic mass is 9.96. The van der Waals surface area contributed by atoms with Crippen molar-refractivity contribution < 1.29 is 36.2 Å². The van der Waals surface area contributed by atoms with E-state index in [-0.39, 0.29) is 34.4 Å². The molecular formula is C21H15F5N2O3. The molecule has 0 aliphatic carbocycles. The van der Waals surface area contributed by atoms with Crippen LogP contribution in [0.1, 0.15) is 27.0 Å². The fraction of sp³-hybridized carbons (Fsp3) is 0.143. The minimum Gasteiger partial charge on any atom is -0.619 e. The summed E-state index contributed by atoms with van der Waals surface area (Å²) in [5.41, 5.74) is 0.365. The molecule has 1 amide bonds. The number of alkyl halides is 3. The van der Waals surface area contributed by atoms with Crippen LogP contribution in [0.3, 0.4) is 0 Å². The van der Waals surface area contributed by atoms with Crippen molar-refractivity contribution in [1.82, 2.24) is 0 Å². The molecule has 0 radical (unpaired) electrons. The van der Waals surface area contributed by atoms with Gasteiger partial charge in [-0.05, 0) is 48.2 Å². The largest absolute Gasteiger partial charge is 0.619 e. The summed E-state index contributed by atoms with van der Waals surface area (Å²) in [7, 11) is 0. The molecule has 3 aromatic rings. The van der Waals surface area contributed by atoms with E-state index in [2.05, 4.69) is 10.1 Å². The Morgan fingerprint density at radius 2 is 1.90 bits per heavy atom. The molecule has 0 unspecified atom stereocenters. The van der Waals surface area contributed by atoms with Gasteiger partial charge in [-0.2, -0.15) is 4.73 Å². The number of anilines is 1. The van der Waals surface area contributed by atoms with E-state index in [0.29, 0.717) is 4.73 Å². The van der Waals surface area contributed by atoms with Crippen LogP contribution in [0.2, 0.25) is 0 Å². The molecule has 0 spiro atoms. The molecule has 3 rings (SSSR count). The minimum atomic E-state index is -5.05. The Morgan fingerprint density at radius 1 is 1.16 bits per heavy atom. The maximum Gasteiger partial charge on any atom is 0.573 e. The van der Waals surface area contributed by atoms with Crippen LogP contribution >= 0.6 is 0 Å². The Bertz CT molecular complexity index is 1130. The standard InChI is InChI=1S/C21H15F5N2O3/c1-12-4-6-14(9-13-5-7-17(16(22)10-13)31-21(24,25)26)18(19(12)23)20(29)27-15-3-2-8-28(30)11-15/h2-8,10-11H,9H2,1H3,(H,27,29). The summed E-state index contributed by atoms with van der Waals surface area (Å²) in [6.45, 7) is 1.45. The molecule has 5 nitrogen and oxygen atoms in total. The Balaban J connectivity index is 1.91. The summed E-state index contributed by atoms with van der Waals surface area (Å²) in [6.07, 6.45) is -2.90. The summed E-state index contributed by atoms with van der Waals surface area (Å²) in [4.78, 5) is 12.7. The van der Waals surface area contributed by atoms with Crippen LogP contribution in [0.25, 0.3) is 0 Å². The van der Waals surface area contributed by atoms with E-state index >= 15 is 0 Å². The van der Waals surface area contributed by atoms with Gasteiger partial charge >= 0.3 is 6.36 Å². The molecule has 31 heavy (non-hydrogen) atoms. The first-order valence-corrected chi connectivity index (χ1v) is 8.86. The molecule has 0 saturated heterocycles. The van der Waals surface area contributed by atoms with Gasteiger partial charge in [0, 0.05) is 6.07 Å². The Labute approximate surface area is 173 Å². The van der Waals surface area contributed by atoms with Gasteiger partial charge in [0.25, 0.3) is 5.91 Å². The highest BCUT2D eigenvalue weighted by Crippen LogP contribution is 2.28. The zero-order chi connectivity index (χ0) is 22.8. The summed E-state index contributed by atoms with van der Waals surface area (Å²) in [5, 5.41) is 13.8. The smallest absolute Gasteiger partial charge is 0.573 e. The number of carbonyl (C=O) groups is 1. The second-order valence-corrected chi connectivity index (χ2v) is 6.63. The van der Waals surface area contributed by atoms with Crippen molar-refractivity contribution >= 4 is 11.6 Å². The fourth-order valence-electron chi connectivity index (χ4n) is 2.92. The number of nitrogens with zero attached hydrogens (tertiary/aromatic N) is 1. The third kappa shape index (κ3) is 5.47. The van der Waals surface area contributed by atoms with Gasteiger partial charge in [0.1, 0.15) is 11.5 Å². The highest BCUT2D eigenvalue weighted by atomic mass is 19.4. The number of halogens is 5. The van der Waals surface area contributed by atoms with Gasteiger partial charge in [-0.15, -0.1) is 13.2 Å². The van der Waals surface area contributed by atoms with Gasteiger partial charge in [-0.25, -0.2) is 8.78 Å². The molecule has 1 N–H and O–H groups in total. The highest BCUT2D eigenvalue weighted by molar-refractivity contribution is 6.05. The second-order valence-electron chi connectivity index (χ2n) is 6.63. The van der Waals surface area contributed by atoms with Crippen molar-refractivity contribution in [3.8, 4) is 5.75 Å². The summed E-state index contributed by atoms with van der Waals surface area (Å²) < 4.78 is 69.7. The molecule has 2 aromatic carbocycles. The lowest BCUT2D eigenvalue weighted by Crippen LogP contribution is -2.26. The molecule has 1 aromatic heterocycles. The van der Waals surface area contributed by atoms with E-state index in [1.165, 1.54) is 43.5 Å². The predicted molar refractivity (Wildman–Crippen MR) is 100 cm³/mol. The number of hydrogen-bond acceptors (Lipinski definition) is 3. The second kappa shape index (κ2) is 8.58. The number of aryl methyl sites for hydroxylation is 1. The molecular weight excluding hydrogens is 423 g/mol. The quantitative estimate of drug-likeness (QED) is 0.358. The average Bonchev–Trinajstić information content (AvgIpc) is 2.66. The number of hydrogen-bond donors (Lipinski definition) is 1. The summed E-state index contributed by atoms with van der Waals surface area (Å²) in [5.74, 6) is -3.89. The van der Waals surface area contributed by atoms with Crippen LogP contribution in [-0.2, 0) is 6.42 Å². The molecule has 0 bridgehead atoms. The van der Waals surface area contributed by atoms with E-state index < -0.39 is 29.7 Å². The van der Waals surface area contributed by atoms with Crippen molar-refractivity contribution in [2.75, 3.05) is 5.32 Å². The third-order valence-electron chi connectivity index (χ3n) is 4.30. The number of pyridine rings is 1. The SMILES string of the molecule is Cc1ccc(Cc2ccc(OC(F)(F)F)c(F)c2)c(C(=O)Nc2ccc[n+]([O-])c2)c1F. The van der Waals surface area contributed by atoms with Crippen molar-refractivity contribution in [2.45, 2.75) is 19.7 Å². The molecule has 0 fully saturated rings. The lowest BCUT2D eigenvalue weighted by molar-refractivity contribution is -0.604. The maximum absolute atomic E-state index is 14.8. The van der Waals surface area contributed by atoms with Gasteiger partial charge < -0.3 is 15.3 Å². The first kappa shape index (κ1) is 22.0.